The van der Waals surface area contributed by atoms with Crippen LogP contribution in [0.15, 0.2) is 42.9 Å². The molecule has 0 fully saturated rings. The van der Waals surface area contributed by atoms with Crippen LogP contribution in [0.3, 0.4) is 0 Å². The molecule has 4 rings (SSSR count). The molecule has 1 N–H and O–H groups in total. The second kappa shape index (κ2) is 8.41. The third-order valence-corrected chi connectivity index (χ3v) is 5.15. The van der Waals surface area contributed by atoms with Crippen LogP contribution in [-0.4, -0.2) is 21.5 Å². The molecule has 0 radical (unpaired) electrons. The number of nitrogens with one attached hydrogen (secondary N) is 1. The molecule has 0 bridgehead atoms. The zero-order chi connectivity index (χ0) is 21.1. The minimum atomic E-state index is -2.58. The van der Waals surface area contributed by atoms with E-state index in [1.807, 2.05) is 25.1 Å². The summed E-state index contributed by atoms with van der Waals surface area (Å²) in [5.74, 6) is 0.702. The highest BCUT2D eigenvalue weighted by Gasteiger charge is 2.23. The molecule has 0 spiro atoms. The van der Waals surface area contributed by atoms with Crippen molar-refractivity contribution in [2.45, 2.75) is 32.9 Å². The molecule has 0 saturated heterocycles. The maximum Gasteiger partial charge on any atom is 0.280 e. The number of aryl methyl sites for hydroxylation is 1. The zero-order valence-electron chi connectivity index (χ0n) is 16.4. The van der Waals surface area contributed by atoms with Crippen LogP contribution in [0.5, 0.6) is 0 Å². The lowest BCUT2D eigenvalue weighted by Gasteiger charge is -2.31. The standard InChI is InChI=1S/C22H20F2N6/c1-14-2-5-20(16(8-14)9-25)30-7-6-18-17(12-30)22(29-13-28-18)27-11-15-3-4-19(21(23)24)26-10-15/h2-5,8,10,13,21H,6-7,11-12H2,1H3,(H,27,28,29). The van der Waals surface area contributed by atoms with E-state index in [9.17, 15) is 14.0 Å². The largest absolute Gasteiger partial charge is 0.366 e. The van der Waals surface area contributed by atoms with Crippen LogP contribution in [0, 0.1) is 18.3 Å². The van der Waals surface area contributed by atoms with Gasteiger partial charge in [0, 0.05) is 37.8 Å². The molecule has 1 aliphatic rings. The first-order valence-electron chi connectivity index (χ1n) is 9.60. The molecule has 0 atom stereocenters. The maximum atomic E-state index is 12.7. The first-order valence-corrected chi connectivity index (χ1v) is 9.60. The topological polar surface area (TPSA) is 77.7 Å². The van der Waals surface area contributed by atoms with Gasteiger partial charge in [-0.05, 0) is 36.2 Å². The molecule has 8 heteroatoms. The van der Waals surface area contributed by atoms with Gasteiger partial charge >= 0.3 is 0 Å². The van der Waals surface area contributed by atoms with E-state index in [-0.39, 0.29) is 5.69 Å². The number of pyridine rings is 1. The van der Waals surface area contributed by atoms with Crippen molar-refractivity contribution in [2.24, 2.45) is 0 Å². The lowest BCUT2D eigenvalue weighted by Crippen LogP contribution is -2.32. The molecule has 1 aliphatic heterocycles. The fourth-order valence-electron chi connectivity index (χ4n) is 3.57. The SMILES string of the molecule is Cc1ccc(N2CCc3ncnc(NCc4ccc(C(F)F)nc4)c3C2)c(C#N)c1. The molecule has 2 aromatic heterocycles. The summed E-state index contributed by atoms with van der Waals surface area (Å²) in [7, 11) is 0. The first-order chi connectivity index (χ1) is 14.5. The smallest absolute Gasteiger partial charge is 0.280 e. The van der Waals surface area contributed by atoms with Crippen LogP contribution in [0.4, 0.5) is 20.3 Å². The fraction of sp³-hybridized carbons (Fsp3) is 0.273. The van der Waals surface area contributed by atoms with Gasteiger partial charge in [-0.25, -0.2) is 18.7 Å². The van der Waals surface area contributed by atoms with Gasteiger partial charge in [-0.15, -0.1) is 0 Å². The van der Waals surface area contributed by atoms with Crippen molar-refractivity contribution < 1.29 is 8.78 Å². The molecule has 0 amide bonds. The van der Waals surface area contributed by atoms with Gasteiger partial charge in [-0.1, -0.05) is 12.1 Å². The van der Waals surface area contributed by atoms with Crippen LogP contribution in [0.1, 0.15) is 40.1 Å². The number of fused-ring (bicyclic) bond motifs is 1. The summed E-state index contributed by atoms with van der Waals surface area (Å²) in [5, 5.41) is 12.8. The van der Waals surface area contributed by atoms with Gasteiger partial charge in [0.25, 0.3) is 6.43 Å². The number of alkyl halides is 2. The Bertz CT molecular complexity index is 1090. The van der Waals surface area contributed by atoms with E-state index in [4.69, 9.17) is 0 Å². The van der Waals surface area contributed by atoms with E-state index in [2.05, 4.69) is 31.2 Å². The Kier molecular flexibility index (Phi) is 5.53. The molecule has 3 aromatic rings. The van der Waals surface area contributed by atoms with E-state index < -0.39 is 6.43 Å². The van der Waals surface area contributed by atoms with Gasteiger partial charge in [-0.3, -0.25) is 4.98 Å². The van der Waals surface area contributed by atoms with Gasteiger partial charge in [0.1, 0.15) is 23.9 Å². The number of nitriles is 1. The van der Waals surface area contributed by atoms with Crippen molar-refractivity contribution in [3.8, 4) is 6.07 Å². The van der Waals surface area contributed by atoms with Crippen molar-refractivity contribution in [1.29, 1.82) is 5.26 Å². The Morgan fingerprint density at radius 2 is 2.07 bits per heavy atom. The van der Waals surface area contributed by atoms with Gasteiger partial charge in [0.15, 0.2) is 0 Å². The predicted octanol–water partition coefficient (Wildman–Crippen LogP) is 4.16. The summed E-state index contributed by atoms with van der Waals surface area (Å²) in [5.41, 5.74) is 5.09. The molecule has 0 unspecified atom stereocenters. The average molecular weight is 406 g/mol. The number of hydrogen-bond donors (Lipinski definition) is 1. The molecule has 0 aliphatic carbocycles. The summed E-state index contributed by atoms with van der Waals surface area (Å²) in [6.45, 7) is 3.72. The Balaban J connectivity index is 1.54. The molecule has 152 valence electrons. The fourth-order valence-corrected chi connectivity index (χ4v) is 3.57. The highest BCUT2D eigenvalue weighted by atomic mass is 19.3. The molecule has 0 saturated carbocycles. The summed E-state index contributed by atoms with van der Waals surface area (Å²) in [6, 6.07) is 11.1. The monoisotopic (exact) mass is 406 g/mol. The molecular weight excluding hydrogens is 386 g/mol. The van der Waals surface area contributed by atoms with Crippen LogP contribution in [-0.2, 0) is 19.5 Å². The number of aromatic nitrogens is 3. The molecular formula is C22H20F2N6. The van der Waals surface area contributed by atoms with Crippen molar-refractivity contribution in [1.82, 2.24) is 15.0 Å². The number of nitrogens with zero attached hydrogens (tertiary/aromatic N) is 5. The second-order valence-corrected chi connectivity index (χ2v) is 7.20. The lowest BCUT2D eigenvalue weighted by molar-refractivity contribution is 0.146. The number of anilines is 2. The Labute approximate surface area is 173 Å². The van der Waals surface area contributed by atoms with Gasteiger partial charge in [-0.2, -0.15) is 5.26 Å². The Hall–Kier alpha value is -3.60. The Morgan fingerprint density at radius 3 is 2.80 bits per heavy atom. The summed E-state index contributed by atoms with van der Waals surface area (Å²) < 4.78 is 25.3. The summed E-state index contributed by atoms with van der Waals surface area (Å²) >= 11 is 0. The third-order valence-electron chi connectivity index (χ3n) is 5.15. The first kappa shape index (κ1) is 19.7. The second-order valence-electron chi connectivity index (χ2n) is 7.20. The van der Waals surface area contributed by atoms with E-state index in [1.54, 1.807) is 6.07 Å². The Morgan fingerprint density at radius 1 is 1.20 bits per heavy atom. The molecule has 6 nitrogen and oxygen atoms in total. The quantitative estimate of drug-likeness (QED) is 0.685. The summed E-state index contributed by atoms with van der Waals surface area (Å²) in [6.07, 6.45) is 1.14. The van der Waals surface area contributed by atoms with Gasteiger partial charge in [0.2, 0.25) is 0 Å². The van der Waals surface area contributed by atoms with E-state index in [0.717, 1.165) is 41.0 Å². The normalized spacial score (nSPS) is 13.1. The highest BCUT2D eigenvalue weighted by Crippen LogP contribution is 2.30. The molecule has 1 aromatic carbocycles. The van der Waals surface area contributed by atoms with E-state index >= 15 is 0 Å². The van der Waals surface area contributed by atoms with Crippen LogP contribution in [0.2, 0.25) is 0 Å². The number of hydrogen-bond acceptors (Lipinski definition) is 6. The summed E-state index contributed by atoms with van der Waals surface area (Å²) in [4.78, 5) is 14.8. The minimum absolute atomic E-state index is 0.236. The molecule has 30 heavy (non-hydrogen) atoms. The highest BCUT2D eigenvalue weighted by molar-refractivity contribution is 5.62. The number of halogens is 2. The lowest BCUT2D eigenvalue weighted by atomic mass is 10.0. The number of rotatable bonds is 5. The molecule has 3 heterocycles. The van der Waals surface area contributed by atoms with Crippen LogP contribution >= 0.6 is 0 Å². The van der Waals surface area contributed by atoms with Crippen molar-refractivity contribution in [2.75, 3.05) is 16.8 Å². The predicted molar refractivity (Wildman–Crippen MR) is 109 cm³/mol. The van der Waals surface area contributed by atoms with Crippen molar-refractivity contribution in [3.05, 3.63) is 76.5 Å². The maximum absolute atomic E-state index is 12.7. The van der Waals surface area contributed by atoms with Crippen LogP contribution < -0.4 is 10.2 Å². The van der Waals surface area contributed by atoms with E-state index in [0.29, 0.717) is 24.5 Å². The third kappa shape index (κ3) is 4.06. The number of benzene rings is 1. The zero-order valence-corrected chi connectivity index (χ0v) is 16.4. The van der Waals surface area contributed by atoms with Crippen LogP contribution in [0.25, 0.3) is 0 Å². The van der Waals surface area contributed by atoms with Gasteiger partial charge < -0.3 is 10.2 Å². The van der Waals surface area contributed by atoms with Crippen molar-refractivity contribution >= 4 is 11.5 Å². The van der Waals surface area contributed by atoms with Crippen molar-refractivity contribution in [3.63, 3.8) is 0 Å². The van der Waals surface area contributed by atoms with Gasteiger partial charge in [0.05, 0.1) is 16.9 Å². The van der Waals surface area contributed by atoms with E-state index in [1.165, 1.54) is 18.6 Å². The minimum Gasteiger partial charge on any atom is -0.366 e. The average Bonchev–Trinajstić information content (AvgIpc) is 2.77.